The van der Waals surface area contributed by atoms with E-state index in [2.05, 4.69) is 23.3 Å². The van der Waals surface area contributed by atoms with Gasteiger partial charge in [-0.05, 0) is 72.9 Å². The molecule has 1 aliphatic rings. The molecule has 2 heterocycles. The molecule has 1 fully saturated rings. The summed E-state index contributed by atoms with van der Waals surface area (Å²) < 4.78 is 5.54. The van der Waals surface area contributed by atoms with Crippen molar-refractivity contribution in [1.29, 1.82) is 0 Å². The molecule has 2 rings (SSSR count). The number of amides is 1. The molecule has 0 saturated carbocycles. The number of likely N-dealkylation sites (tertiary alicyclic amines) is 1. The average molecular weight is 333 g/mol. The molecule has 1 aliphatic heterocycles. The van der Waals surface area contributed by atoms with Crippen LogP contribution in [-0.2, 0) is 4.74 Å². The van der Waals surface area contributed by atoms with Crippen molar-refractivity contribution in [2.75, 3.05) is 11.9 Å². The number of anilines is 1. The summed E-state index contributed by atoms with van der Waals surface area (Å²) in [6.07, 6.45) is 2.80. The van der Waals surface area contributed by atoms with E-state index in [1.54, 1.807) is 0 Å². The third kappa shape index (κ3) is 5.11. The van der Waals surface area contributed by atoms with Crippen molar-refractivity contribution < 1.29 is 9.53 Å². The second kappa shape index (κ2) is 7.41. The number of nitrogens with zero attached hydrogens (tertiary/aromatic N) is 2. The van der Waals surface area contributed by atoms with Crippen LogP contribution in [0.2, 0.25) is 0 Å². The van der Waals surface area contributed by atoms with E-state index in [4.69, 9.17) is 4.74 Å². The molecule has 2 unspecified atom stereocenters. The number of hydrogen-bond acceptors (Lipinski definition) is 4. The van der Waals surface area contributed by atoms with Crippen LogP contribution >= 0.6 is 0 Å². The second-order valence-electron chi connectivity index (χ2n) is 7.84. The van der Waals surface area contributed by atoms with Gasteiger partial charge >= 0.3 is 6.09 Å². The lowest BCUT2D eigenvalue weighted by molar-refractivity contribution is 0.0218. The number of aromatic nitrogens is 1. The number of hydrogen-bond donors (Lipinski definition) is 1. The summed E-state index contributed by atoms with van der Waals surface area (Å²) in [5.41, 5.74) is 2.66. The Morgan fingerprint density at radius 2 is 2.12 bits per heavy atom. The molecule has 0 bridgehead atoms. The minimum atomic E-state index is -0.446. The van der Waals surface area contributed by atoms with Crippen molar-refractivity contribution in [3.63, 3.8) is 0 Å². The van der Waals surface area contributed by atoms with Crippen molar-refractivity contribution in [2.24, 2.45) is 0 Å². The third-order valence-electron chi connectivity index (χ3n) is 4.26. The van der Waals surface area contributed by atoms with Crippen LogP contribution < -0.4 is 5.32 Å². The van der Waals surface area contributed by atoms with Gasteiger partial charge in [-0.2, -0.15) is 0 Å². The number of carbonyl (C=O) groups excluding carboxylic acids is 1. The van der Waals surface area contributed by atoms with Crippen LogP contribution in [0.4, 0.5) is 10.5 Å². The molecular weight excluding hydrogens is 302 g/mol. The summed E-state index contributed by atoms with van der Waals surface area (Å²) in [7, 11) is 0. The number of ether oxygens (including phenoxy) is 1. The Morgan fingerprint density at radius 3 is 2.75 bits per heavy atom. The van der Waals surface area contributed by atoms with Crippen LogP contribution in [-0.4, -0.2) is 40.2 Å². The van der Waals surface area contributed by atoms with E-state index < -0.39 is 5.60 Å². The largest absolute Gasteiger partial charge is 0.444 e. The fraction of sp³-hybridized carbons (Fsp3) is 0.684. The van der Waals surface area contributed by atoms with Gasteiger partial charge in [0.05, 0.1) is 11.4 Å². The average Bonchev–Trinajstić information content (AvgIpc) is 2.88. The highest BCUT2D eigenvalue weighted by Gasteiger charge is 2.32. The van der Waals surface area contributed by atoms with Crippen LogP contribution in [0.25, 0.3) is 0 Å². The first-order valence-electron chi connectivity index (χ1n) is 8.86. The topological polar surface area (TPSA) is 54.5 Å². The van der Waals surface area contributed by atoms with Crippen LogP contribution in [0.1, 0.15) is 58.3 Å². The smallest absolute Gasteiger partial charge is 0.410 e. The molecule has 5 nitrogen and oxygen atoms in total. The van der Waals surface area contributed by atoms with E-state index in [-0.39, 0.29) is 18.2 Å². The van der Waals surface area contributed by atoms with E-state index >= 15 is 0 Å². The summed E-state index contributed by atoms with van der Waals surface area (Å²) >= 11 is 0. The lowest BCUT2D eigenvalue weighted by atomic mass is 10.1. The fourth-order valence-corrected chi connectivity index (χ4v) is 3.21. The number of aryl methyl sites for hydroxylation is 2. The summed E-state index contributed by atoms with van der Waals surface area (Å²) in [5.74, 6) is 0. The lowest BCUT2D eigenvalue weighted by Crippen LogP contribution is -2.41. The van der Waals surface area contributed by atoms with Crippen molar-refractivity contribution in [3.8, 4) is 0 Å². The van der Waals surface area contributed by atoms with Crippen molar-refractivity contribution in [2.45, 2.75) is 78.5 Å². The van der Waals surface area contributed by atoms with Crippen LogP contribution in [0.3, 0.4) is 0 Å². The molecule has 5 heteroatoms. The van der Waals surface area contributed by atoms with E-state index in [9.17, 15) is 4.79 Å². The maximum absolute atomic E-state index is 12.4. The zero-order valence-electron chi connectivity index (χ0n) is 15.8. The Balaban J connectivity index is 1.94. The molecule has 24 heavy (non-hydrogen) atoms. The highest BCUT2D eigenvalue weighted by Crippen LogP contribution is 2.25. The number of carbonyl (C=O) groups is 1. The molecule has 0 aromatic carbocycles. The van der Waals surface area contributed by atoms with E-state index in [1.807, 2.05) is 45.6 Å². The van der Waals surface area contributed by atoms with Crippen LogP contribution in [0, 0.1) is 13.8 Å². The molecule has 1 amide bonds. The monoisotopic (exact) mass is 333 g/mol. The van der Waals surface area contributed by atoms with Crippen molar-refractivity contribution in [3.05, 3.63) is 23.5 Å². The highest BCUT2D eigenvalue weighted by molar-refractivity contribution is 5.69. The molecule has 1 N–H and O–H groups in total. The van der Waals surface area contributed by atoms with Gasteiger partial charge in [0, 0.05) is 24.3 Å². The van der Waals surface area contributed by atoms with E-state index in [1.165, 1.54) is 0 Å². The van der Waals surface area contributed by atoms with Gasteiger partial charge in [-0.1, -0.05) is 0 Å². The second-order valence-corrected chi connectivity index (χ2v) is 7.84. The summed E-state index contributed by atoms with van der Waals surface area (Å²) in [6.45, 7) is 12.7. The molecule has 2 atom stereocenters. The van der Waals surface area contributed by atoms with Gasteiger partial charge in [0.25, 0.3) is 0 Å². The van der Waals surface area contributed by atoms with Gasteiger partial charge in [-0.25, -0.2) is 4.79 Å². The quantitative estimate of drug-likeness (QED) is 0.893. The van der Waals surface area contributed by atoms with Crippen molar-refractivity contribution in [1.82, 2.24) is 9.88 Å². The van der Waals surface area contributed by atoms with Gasteiger partial charge in [-0.15, -0.1) is 0 Å². The molecule has 0 radical (unpaired) electrons. The SMILES string of the molecule is Cc1ccc(NC(C)CC2CCCN2C(=O)OC(C)(C)C)c(C)n1. The molecule has 134 valence electrons. The summed E-state index contributed by atoms with van der Waals surface area (Å²) in [4.78, 5) is 18.8. The predicted molar refractivity (Wildman–Crippen MR) is 97.4 cm³/mol. The Bertz CT molecular complexity index is 580. The summed E-state index contributed by atoms with van der Waals surface area (Å²) in [5, 5.41) is 3.53. The number of rotatable bonds is 4. The van der Waals surface area contributed by atoms with Crippen LogP contribution in [0.5, 0.6) is 0 Å². The highest BCUT2D eigenvalue weighted by atomic mass is 16.6. The standard InChI is InChI=1S/C19H31N3O2/c1-13-9-10-17(15(3)20-13)21-14(2)12-16-8-7-11-22(16)18(23)24-19(4,5)6/h9-10,14,16,21H,7-8,11-12H2,1-6H3. The lowest BCUT2D eigenvalue weighted by Gasteiger charge is -2.30. The van der Waals surface area contributed by atoms with E-state index in [0.717, 1.165) is 42.9 Å². The predicted octanol–water partition coefficient (Wildman–Crippen LogP) is 4.29. The van der Waals surface area contributed by atoms with Gasteiger partial charge in [0.2, 0.25) is 0 Å². The molecule has 0 spiro atoms. The molecule has 1 aromatic heterocycles. The Kier molecular flexibility index (Phi) is 5.73. The van der Waals surface area contributed by atoms with Gasteiger partial charge in [0.15, 0.2) is 0 Å². The van der Waals surface area contributed by atoms with Gasteiger partial charge < -0.3 is 15.0 Å². The molecular formula is C19H31N3O2. The first-order chi connectivity index (χ1) is 11.2. The first-order valence-corrected chi connectivity index (χ1v) is 8.86. The van der Waals surface area contributed by atoms with Crippen molar-refractivity contribution >= 4 is 11.8 Å². The van der Waals surface area contributed by atoms with Gasteiger partial charge in [0.1, 0.15) is 5.60 Å². The van der Waals surface area contributed by atoms with Gasteiger partial charge in [-0.3, -0.25) is 4.98 Å². The Labute approximate surface area is 145 Å². The van der Waals surface area contributed by atoms with E-state index in [0.29, 0.717) is 0 Å². The first kappa shape index (κ1) is 18.6. The number of pyridine rings is 1. The summed E-state index contributed by atoms with van der Waals surface area (Å²) in [6, 6.07) is 4.60. The maximum Gasteiger partial charge on any atom is 0.410 e. The normalized spacial score (nSPS) is 19.2. The molecule has 1 aromatic rings. The maximum atomic E-state index is 12.4. The zero-order valence-corrected chi connectivity index (χ0v) is 15.8. The fourth-order valence-electron chi connectivity index (χ4n) is 3.21. The molecule has 0 aliphatic carbocycles. The minimum Gasteiger partial charge on any atom is -0.444 e. The number of nitrogens with one attached hydrogen (secondary N) is 1. The van der Waals surface area contributed by atoms with Crippen LogP contribution in [0.15, 0.2) is 12.1 Å². The minimum absolute atomic E-state index is 0.189. The Morgan fingerprint density at radius 1 is 1.42 bits per heavy atom. The molecule has 1 saturated heterocycles. The zero-order chi connectivity index (χ0) is 17.9. The Hall–Kier alpha value is -1.78. The third-order valence-corrected chi connectivity index (χ3v) is 4.26.